The number of likely N-dealkylation sites (tertiary alicyclic amines) is 1. The van der Waals surface area contributed by atoms with E-state index in [0.717, 1.165) is 19.3 Å². The molecule has 0 aromatic heterocycles. The number of carbonyl (C=O) groups excluding carboxylic acids is 2. The summed E-state index contributed by atoms with van der Waals surface area (Å²) in [6.07, 6.45) is 4.12. The van der Waals surface area contributed by atoms with E-state index in [2.05, 4.69) is 31.1 Å². The smallest absolute Gasteiger partial charge is 0.252 e. The van der Waals surface area contributed by atoms with Gasteiger partial charge in [0.15, 0.2) is 0 Å². The normalized spacial score (nSPS) is 26.3. The maximum absolute atomic E-state index is 13.2. The minimum atomic E-state index is -3.20. The van der Waals surface area contributed by atoms with Crippen LogP contribution in [0.2, 0.25) is 10.0 Å². The van der Waals surface area contributed by atoms with Crippen molar-refractivity contribution in [2.24, 2.45) is 5.92 Å². The van der Waals surface area contributed by atoms with Gasteiger partial charge < -0.3 is 15.1 Å². The third kappa shape index (κ3) is 6.62. The molecule has 2 fully saturated rings. The molecule has 2 amide bonds. The number of hydrogen-bond acceptors (Lipinski definition) is 5. The van der Waals surface area contributed by atoms with Crippen molar-refractivity contribution in [2.75, 3.05) is 25.6 Å². The second kappa shape index (κ2) is 10.5. The van der Waals surface area contributed by atoms with Crippen molar-refractivity contribution in [1.82, 2.24) is 15.1 Å². The van der Waals surface area contributed by atoms with Crippen LogP contribution in [0.5, 0.6) is 0 Å². The summed E-state index contributed by atoms with van der Waals surface area (Å²) in [7, 11) is -1.13. The topological polar surface area (TPSA) is 86.8 Å². The third-order valence-corrected chi connectivity index (χ3v) is 8.36. The van der Waals surface area contributed by atoms with Crippen LogP contribution in [0.3, 0.4) is 0 Å². The molecular formula is C23H33Cl2N3O4S. The molecule has 0 spiro atoms. The zero-order valence-electron chi connectivity index (χ0n) is 19.6. The van der Waals surface area contributed by atoms with Crippen LogP contribution in [-0.2, 0) is 14.6 Å². The van der Waals surface area contributed by atoms with Crippen molar-refractivity contribution < 1.29 is 18.0 Å². The van der Waals surface area contributed by atoms with Gasteiger partial charge in [-0.15, -0.1) is 0 Å². The molecule has 3 rings (SSSR count). The summed E-state index contributed by atoms with van der Waals surface area (Å²) in [5.41, 5.74) is 0.297. The fraction of sp³-hybridized carbons (Fsp3) is 0.652. The van der Waals surface area contributed by atoms with Gasteiger partial charge in [-0.2, -0.15) is 0 Å². The lowest BCUT2D eigenvalue weighted by molar-refractivity contribution is -0.133. The first-order valence-electron chi connectivity index (χ1n) is 11.3. The quantitative estimate of drug-likeness (QED) is 0.599. The molecule has 1 saturated carbocycles. The first-order valence-corrected chi connectivity index (χ1v) is 14.1. The number of carbonyl (C=O) groups is 2. The van der Waals surface area contributed by atoms with Gasteiger partial charge >= 0.3 is 0 Å². The molecule has 1 aromatic carbocycles. The summed E-state index contributed by atoms with van der Waals surface area (Å²) in [5.74, 6) is -0.641. The molecule has 184 valence electrons. The van der Waals surface area contributed by atoms with Crippen LogP contribution in [0.4, 0.5) is 0 Å². The zero-order chi connectivity index (χ0) is 24.5. The van der Waals surface area contributed by atoms with Gasteiger partial charge in [0.2, 0.25) is 5.91 Å². The fourth-order valence-electron chi connectivity index (χ4n) is 5.08. The van der Waals surface area contributed by atoms with Crippen LogP contribution in [0.25, 0.3) is 0 Å². The Balaban J connectivity index is 1.72. The standard InChI is InChI=1S/C23H33Cl2N3O4S/c1-14(2)27(3)19-5-6-21(16(11-19)13-33(4,31)32)28-8-7-20(23(28)30)26-22(29)15-9-17(24)12-18(25)10-15/h9-10,12,14,16,19-21H,5-8,11,13H2,1-4H3,(H,26,29)/t16-,19+,20-,21-/m0/s1. The molecule has 0 bridgehead atoms. The van der Waals surface area contributed by atoms with Gasteiger partial charge in [-0.05, 0) is 70.7 Å². The van der Waals surface area contributed by atoms with E-state index in [4.69, 9.17) is 23.2 Å². The molecule has 1 saturated heterocycles. The van der Waals surface area contributed by atoms with E-state index >= 15 is 0 Å². The molecule has 0 unspecified atom stereocenters. The molecule has 2 aliphatic rings. The number of nitrogens with zero attached hydrogens (tertiary/aromatic N) is 2. The molecule has 33 heavy (non-hydrogen) atoms. The first kappa shape index (κ1) is 26.3. The van der Waals surface area contributed by atoms with Gasteiger partial charge in [-0.25, -0.2) is 8.42 Å². The lowest BCUT2D eigenvalue weighted by atomic mass is 9.81. The molecular weight excluding hydrogens is 485 g/mol. The number of nitrogens with one attached hydrogen (secondary N) is 1. The second-order valence-electron chi connectivity index (χ2n) is 9.65. The van der Waals surface area contributed by atoms with E-state index in [0.29, 0.717) is 34.6 Å². The molecule has 10 heteroatoms. The summed E-state index contributed by atoms with van der Waals surface area (Å²) < 4.78 is 24.4. The summed E-state index contributed by atoms with van der Waals surface area (Å²) in [5, 5.41) is 3.49. The average Bonchev–Trinajstić information content (AvgIpc) is 3.05. The fourth-order valence-corrected chi connectivity index (χ4v) is 6.75. The summed E-state index contributed by atoms with van der Waals surface area (Å²) in [4.78, 5) is 30.0. The van der Waals surface area contributed by atoms with E-state index < -0.39 is 21.8 Å². The Morgan fingerprint density at radius 3 is 2.39 bits per heavy atom. The Morgan fingerprint density at radius 2 is 1.82 bits per heavy atom. The zero-order valence-corrected chi connectivity index (χ0v) is 21.9. The van der Waals surface area contributed by atoms with Crippen LogP contribution in [0.15, 0.2) is 18.2 Å². The molecule has 1 N–H and O–H groups in total. The summed E-state index contributed by atoms with van der Waals surface area (Å²) >= 11 is 12.0. The minimum Gasteiger partial charge on any atom is -0.340 e. The van der Waals surface area contributed by atoms with Crippen molar-refractivity contribution in [3.63, 3.8) is 0 Å². The number of halogens is 2. The second-order valence-corrected chi connectivity index (χ2v) is 12.7. The number of amides is 2. The largest absolute Gasteiger partial charge is 0.340 e. The van der Waals surface area contributed by atoms with Gasteiger partial charge in [0.1, 0.15) is 15.9 Å². The number of rotatable bonds is 7. The van der Waals surface area contributed by atoms with Gasteiger partial charge in [-0.3, -0.25) is 9.59 Å². The highest BCUT2D eigenvalue weighted by atomic mass is 35.5. The van der Waals surface area contributed by atoms with E-state index in [-0.39, 0.29) is 29.7 Å². The van der Waals surface area contributed by atoms with E-state index in [9.17, 15) is 18.0 Å². The maximum atomic E-state index is 13.2. The van der Waals surface area contributed by atoms with Crippen molar-refractivity contribution >= 4 is 44.9 Å². The van der Waals surface area contributed by atoms with Gasteiger partial charge in [-0.1, -0.05) is 23.2 Å². The van der Waals surface area contributed by atoms with Crippen molar-refractivity contribution in [3.8, 4) is 0 Å². The van der Waals surface area contributed by atoms with Crippen LogP contribution < -0.4 is 5.32 Å². The molecule has 4 atom stereocenters. The van der Waals surface area contributed by atoms with Crippen LogP contribution in [0.1, 0.15) is 49.9 Å². The highest BCUT2D eigenvalue weighted by molar-refractivity contribution is 7.90. The summed E-state index contributed by atoms with van der Waals surface area (Å²) in [6, 6.07) is 4.41. The first-order chi connectivity index (χ1) is 15.4. The number of benzene rings is 1. The highest BCUT2D eigenvalue weighted by Gasteiger charge is 2.43. The maximum Gasteiger partial charge on any atom is 0.252 e. The van der Waals surface area contributed by atoms with Crippen LogP contribution in [-0.4, -0.2) is 79.8 Å². The molecule has 1 aromatic rings. The highest BCUT2D eigenvalue weighted by Crippen LogP contribution is 2.35. The van der Waals surface area contributed by atoms with Crippen molar-refractivity contribution in [1.29, 1.82) is 0 Å². The lowest BCUT2D eigenvalue weighted by Gasteiger charge is -2.44. The minimum absolute atomic E-state index is 0.0575. The Bertz CT molecular complexity index is 981. The lowest BCUT2D eigenvalue weighted by Crippen LogP contribution is -2.53. The molecule has 1 heterocycles. The van der Waals surface area contributed by atoms with Crippen LogP contribution in [0, 0.1) is 5.92 Å². The Labute approximate surface area is 206 Å². The molecule has 1 aliphatic heterocycles. The Hall–Kier alpha value is -1.35. The van der Waals surface area contributed by atoms with Gasteiger partial charge in [0.05, 0.1) is 5.75 Å². The van der Waals surface area contributed by atoms with Crippen LogP contribution >= 0.6 is 23.2 Å². The molecule has 0 radical (unpaired) electrons. The van der Waals surface area contributed by atoms with Crippen molar-refractivity contribution in [2.45, 2.75) is 63.7 Å². The van der Waals surface area contributed by atoms with Crippen molar-refractivity contribution in [3.05, 3.63) is 33.8 Å². The Kier molecular flexibility index (Phi) is 8.36. The predicted molar refractivity (Wildman–Crippen MR) is 132 cm³/mol. The number of hydrogen-bond donors (Lipinski definition) is 1. The molecule has 1 aliphatic carbocycles. The van der Waals surface area contributed by atoms with Gasteiger partial charge in [0.25, 0.3) is 5.91 Å². The van der Waals surface area contributed by atoms with E-state index in [1.54, 1.807) is 4.90 Å². The van der Waals surface area contributed by atoms with Gasteiger partial charge in [0, 0.05) is 46.5 Å². The SMILES string of the molecule is CC(C)N(C)[C@@H]1CC[C@H](N2CC[C@H](NC(=O)c3cc(Cl)cc(Cl)c3)C2=O)[C@H](CS(C)(=O)=O)C1. The average molecular weight is 519 g/mol. The predicted octanol–water partition coefficient (Wildman–Crippen LogP) is 3.25. The van der Waals surface area contributed by atoms with E-state index in [1.165, 1.54) is 24.5 Å². The molecule has 7 nitrogen and oxygen atoms in total. The Morgan fingerprint density at radius 1 is 1.18 bits per heavy atom. The third-order valence-electron chi connectivity index (χ3n) is 6.89. The van der Waals surface area contributed by atoms with E-state index in [1.807, 2.05) is 0 Å². The summed E-state index contributed by atoms with van der Waals surface area (Å²) in [6.45, 7) is 4.75. The number of sulfone groups is 1. The monoisotopic (exact) mass is 517 g/mol.